The SMILES string of the molecule is CON(C)c1cc(B(O)O)ccn1. The van der Waals surface area contributed by atoms with Crippen molar-refractivity contribution in [3.63, 3.8) is 0 Å². The highest BCUT2D eigenvalue weighted by atomic mass is 16.7. The number of aromatic nitrogens is 1. The second-order valence-electron chi connectivity index (χ2n) is 2.50. The Hall–Kier alpha value is -1.11. The molecule has 0 aliphatic heterocycles. The Morgan fingerprint density at radius 1 is 1.54 bits per heavy atom. The van der Waals surface area contributed by atoms with E-state index in [-0.39, 0.29) is 0 Å². The Kier molecular flexibility index (Phi) is 3.24. The van der Waals surface area contributed by atoms with Gasteiger partial charge in [0.15, 0.2) is 5.82 Å². The standard InChI is InChI=1S/C7H11BN2O3/c1-10(13-2)7-5-6(8(11)12)3-4-9-7/h3-5,11-12H,1-2H3. The zero-order chi connectivity index (χ0) is 9.84. The molecule has 1 aromatic heterocycles. The third-order valence-corrected chi connectivity index (χ3v) is 1.66. The molecular formula is C7H11BN2O3. The third kappa shape index (κ3) is 2.41. The first-order chi connectivity index (χ1) is 6.15. The van der Waals surface area contributed by atoms with Gasteiger partial charge >= 0.3 is 7.12 Å². The summed E-state index contributed by atoms with van der Waals surface area (Å²) in [7, 11) is 1.70. The van der Waals surface area contributed by atoms with Crippen molar-refractivity contribution in [3.05, 3.63) is 18.3 Å². The van der Waals surface area contributed by atoms with Crippen LogP contribution in [0.15, 0.2) is 18.3 Å². The van der Waals surface area contributed by atoms with Crippen molar-refractivity contribution in [1.82, 2.24) is 4.98 Å². The number of nitrogens with zero attached hydrogens (tertiary/aromatic N) is 2. The van der Waals surface area contributed by atoms with E-state index in [0.717, 1.165) is 0 Å². The van der Waals surface area contributed by atoms with E-state index in [0.29, 0.717) is 11.3 Å². The number of hydrogen-bond acceptors (Lipinski definition) is 5. The Balaban J connectivity index is 2.91. The highest BCUT2D eigenvalue weighted by Gasteiger charge is 2.12. The average molecular weight is 182 g/mol. The number of hydroxylamine groups is 1. The predicted molar refractivity (Wildman–Crippen MR) is 49.5 cm³/mol. The number of hydrogen-bond donors (Lipinski definition) is 2. The fraction of sp³-hybridized carbons (Fsp3) is 0.286. The van der Waals surface area contributed by atoms with E-state index >= 15 is 0 Å². The van der Waals surface area contributed by atoms with Crippen molar-refractivity contribution in [2.75, 3.05) is 19.2 Å². The van der Waals surface area contributed by atoms with E-state index in [1.807, 2.05) is 0 Å². The summed E-state index contributed by atoms with van der Waals surface area (Å²) in [5.74, 6) is 0.521. The summed E-state index contributed by atoms with van der Waals surface area (Å²) in [4.78, 5) is 8.85. The lowest BCUT2D eigenvalue weighted by molar-refractivity contribution is 0.182. The van der Waals surface area contributed by atoms with Gasteiger partial charge in [-0.3, -0.25) is 4.84 Å². The predicted octanol–water partition coefficient (Wildman–Crippen LogP) is -1.24. The quantitative estimate of drug-likeness (QED) is 0.452. The average Bonchev–Trinajstić information content (AvgIpc) is 2.17. The van der Waals surface area contributed by atoms with Crippen LogP contribution in [0.3, 0.4) is 0 Å². The van der Waals surface area contributed by atoms with E-state index in [1.165, 1.54) is 30.5 Å². The van der Waals surface area contributed by atoms with Crippen LogP contribution in [0, 0.1) is 0 Å². The van der Waals surface area contributed by atoms with E-state index in [4.69, 9.17) is 14.9 Å². The molecule has 0 radical (unpaired) electrons. The minimum atomic E-state index is -1.48. The van der Waals surface area contributed by atoms with Crippen LogP contribution in [0.25, 0.3) is 0 Å². The van der Waals surface area contributed by atoms with Crippen molar-refractivity contribution in [1.29, 1.82) is 0 Å². The van der Waals surface area contributed by atoms with Gasteiger partial charge in [-0.15, -0.1) is 0 Å². The molecule has 0 aliphatic rings. The molecular weight excluding hydrogens is 171 g/mol. The summed E-state index contributed by atoms with van der Waals surface area (Å²) in [5, 5.41) is 19.2. The molecule has 5 nitrogen and oxygen atoms in total. The summed E-state index contributed by atoms with van der Waals surface area (Å²) >= 11 is 0. The third-order valence-electron chi connectivity index (χ3n) is 1.66. The Morgan fingerprint density at radius 2 is 2.23 bits per heavy atom. The monoisotopic (exact) mass is 182 g/mol. The van der Waals surface area contributed by atoms with Gasteiger partial charge < -0.3 is 10.0 Å². The van der Waals surface area contributed by atoms with Crippen molar-refractivity contribution in [3.8, 4) is 0 Å². The van der Waals surface area contributed by atoms with Gasteiger partial charge in [0.2, 0.25) is 0 Å². The summed E-state index contributed by atoms with van der Waals surface area (Å²) in [6, 6.07) is 3.06. The molecule has 6 heteroatoms. The zero-order valence-electron chi connectivity index (χ0n) is 7.51. The molecule has 0 saturated carbocycles. The maximum Gasteiger partial charge on any atom is 0.488 e. The fourth-order valence-electron chi connectivity index (χ4n) is 0.860. The fourth-order valence-corrected chi connectivity index (χ4v) is 0.860. The molecule has 1 rings (SSSR count). The molecule has 1 heterocycles. The molecule has 13 heavy (non-hydrogen) atoms. The second-order valence-corrected chi connectivity index (χ2v) is 2.50. The molecule has 70 valence electrons. The van der Waals surface area contributed by atoms with Gasteiger partial charge in [-0.1, -0.05) is 0 Å². The topological polar surface area (TPSA) is 65.8 Å². The summed E-state index contributed by atoms with van der Waals surface area (Å²) < 4.78 is 0. The van der Waals surface area contributed by atoms with Crippen LogP contribution in [0.1, 0.15) is 0 Å². The van der Waals surface area contributed by atoms with E-state index in [1.54, 1.807) is 7.05 Å². The molecule has 0 unspecified atom stereocenters. The number of pyridine rings is 1. The molecule has 0 bridgehead atoms. The van der Waals surface area contributed by atoms with Crippen LogP contribution in [-0.2, 0) is 4.84 Å². The first-order valence-corrected chi connectivity index (χ1v) is 3.75. The van der Waals surface area contributed by atoms with Crippen LogP contribution in [0.5, 0.6) is 0 Å². The first-order valence-electron chi connectivity index (χ1n) is 3.75. The van der Waals surface area contributed by atoms with Crippen LogP contribution < -0.4 is 10.5 Å². The van der Waals surface area contributed by atoms with E-state index in [2.05, 4.69) is 4.98 Å². The van der Waals surface area contributed by atoms with Gasteiger partial charge in [0.05, 0.1) is 7.11 Å². The van der Waals surface area contributed by atoms with Crippen LogP contribution in [-0.4, -0.2) is 36.3 Å². The van der Waals surface area contributed by atoms with Gasteiger partial charge in [0.1, 0.15) is 0 Å². The van der Waals surface area contributed by atoms with Gasteiger partial charge in [-0.2, -0.15) is 0 Å². The van der Waals surface area contributed by atoms with Gasteiger partial charge in [-0.25, -0.2) is 10.0 Å². The van der Waals surface area contributed by atoms with Crippen LogP contribution >= 0.6 is 0 Å². The second kappa shape index (κ2) is 4.22. The maximum absolute atomic E-state index is 8.87. The molecule has 0 atom stereocenters. The smallest absolute Gasteiger partial charge is 0.423 e. The highest BCUT2D eigenvalue weighted by molar-refractivity contribution is 6.58. The molecule has 0 aliphatic carbocycles. The van der Waals surface area contributed by atoms with Crippen molar-refractivity contribution >= 4 is 18.4 Å². The molecule has 0 saturated heterocycles. The lowest BCUT2D eigenvalue weighted by Gasteiger charge is -2.14. The van der Waals surface area contributed by atoms with Crippen LogP contribution in [0.4, 0.5) is 5.82 Å². The van der Waals surface area contributed by atoms with Crippen LogP contribution in [0.2, 0.25) is 0 Å². The van der Waals surface area contributed by atoms with E-state index in [9.17, 15) is 0 Å². The normalized spacial score (nSPS) is 9.85. The number of rotatable bonds is 3. The molecule has 2 N–H and O–H groups in total. The first kappa shape index (κ1) is 9.98. The molecule has 0 amide bonds. The summed E-state index contributed by atoms with van der Waals surface area (Å²) in [6.45, 7) is 0. The molecule has 0 fully saturated rings. The van der Waals surface area contributed by atoms with Gasteiger partial charge in [0.25, 0.3) is 0 Å². The lowest BCUT2D eigenvalue weighted by Crippen LogP contribution is -2.31. The molecule has 0 aromatic carbocycles. The van der Waals surface area contributed by atoms with Gasteiger partial charge in [-0.05, 0) is 17.6 Å². The Morgan fingerprint density at radius 3 is 2.77 bits per heavy atom. The maximum atomic E-state index is 8.87. The minimum absolute atomic E-state index is 0.383. The largest absolute Gasteiger partial charge is 0.488 e. The lowest BCUT2D eigenvalue weighted by atomic mass is 9.81. The molecule has 0 spiro atoms. The Bertz CT molecular complexity index is 282. The van der Waals surface area contributed by atoms with Crippen molar-refractivity contribution in [2.45, 2.75) is 0 Å². The van der Waals surface area contributed by atoms with Crippen molar-refractivity contribution < 1.29 is 14.9 Å². The van der Waals surface area contributed by atoms with Gasteiger partial charge in [0, 0.05) is 13.2 Å². The summed E-state index contributed by atoms with van der Waals surface area (Å²) in [6.07, 6.45) is 1.49. The Labute approximate surface area is 76.7 Å². The summed E-state index contributed by atoms with van der Waals surface area (Å²) in [5.41, 5.74) is 0.383. The number of anilines is 1. The molecule has 1 aromatic rings. The van der Waals surface area contributed by atoms with Crippen molar-refractivity contribution in [2.24, 2.45) is 0 Å². The zero-order valence-corrected chi connectivity index (χ0v) is 7.51. The highest BCUT2D eigenvalue weighted by Crippen LogP contribution is 2.04. The van der Waals surface area contributed by atoms with E-state index < -0.39 is 7.12 Å². The minimum Gasteiger partial charge on any atom is -0.423 e.